The predicted molar refractivity (Wildman–Crippen MR) is 110 cm³/mol. The molecule has 1 saturated heterocycles. The summed E-state index contributed by atoms with van der Waals surface area (Å²) in [5.74, 6) is 0.896. The fourth-order valence-electron chi connectivity index (χ4n) is 3.69. The molecule has 3 aromatic rings. The van der Waals surface area contributed by atoms with Gasteiger partial charge in [0.05, 0.1) is 5.69 Å². The Kier molecular flexibility index (Phi) is 4.62. The van der Waals surface area contributed by atoms with Crippen LogP contribution in [0.2, 0.25) is 0 Å². The van der Waals surface area contributed by atoms with Crippen molar-refractivity contribution in [2.45, 2.75) is 18.9 Å². The molecule has 1 aliphatic heterocycles. The highest BCUT2D eigenvalue weighted by Crippen LogP contribution is 2.25. The second-order valence-corrected chi connectivity index (χ2v) is 7.02. The van der Waals surface area contributed by atoms with Crippen molar-refractivity contribution < 1.29 is 0 Å². The second-order valence-electron chi connectivity index (χ2n) is 7.02. The number of piperidine rings is 1. The zero-order valence-corrected chi connectivity index (χ0v) is 15.5. The first-order chi connectivity index (χ1) is 13.1. The zero-order chi connectivity index (χ0) is 18.8. The van der Waals surface area contributed by atoms with Crippen LogP contribution >= 0.6 is 0 Å². The van der Waals surface area contributed by atoms with Gasteiger partial charge in [-0.15, -0.1) is 0 Å². The molecule has 138 valence electrons. The number of hydrogen-bond donors (Lipinski definition) is 2. The first-order valence-corrected chi connectivity index (χ1v) is 9.26. The van der Waals surface area contributed by atoms with Gasteiger partial charge in [-0.1, -0.05) is 36.4 Å². The lowest BCUT2D eigenvalue weighted by Crippen LogP contribution is -2.48. The highest BCUT2D eigenvalue weighted by atomic mass is 15.3. The van der Waals surface area contributed by atoms with Crippen LogP contribution in [0.15, 0.2) is 54.7 Å². The zero-order valence-electron chi connectivity index (χ0n) is 15.5. The monoisotopic (exact) mass is 360 g/mol. The Hall–Kier alpha value is -3.15. The van der Waals surface area contributed by atoms with E-state index in [1.165, 1.54) is 10.8 Å². The summed E-state index contributed by atoms with van der Waals surface area (Å²) >= 11 is 0. The van der Waals surface area contributed by atoms with E-state index in [-0.39, 0.29) is 5.96 Å². The van der Waals surface area contributed by atoms with Gasteiger partial charge in [-0.2, -0.15) is 0 Å². The number of guanidine groups is 1. The van der Waals surface area contributed by atoms with Crippen molar-refractivity contribution in [1.29, 1.82) is 5.41 Å². The molecular weight excluding hydrogens is 336 g/mol. The molecule has 0 aliphatic carbocycles. The summed E-state index contributed by atoms with van der Waals surface area (Å²) in [7, 11) is 2.05. The van der Waals surface area contributed by atoms with Crippen LogP contribution in [0.1, 0.15) is 12.8 Å². The van der Waals surface area contributed by atoms with Gasteiger partial charge < -0.3 is 15.5 Å². The highest BCUT2D eigenvalue weighted by Gasteiger charge is 2.24. The fraction of sp³-hybridized carbons (Fsp3) is 0.286. The first-order valence-electron chi connectivity index (χ1n) is 9.26. The van der Waals surface area contributed by atoms with E-state index >= 15 is 0 Å². The van der Waals surface area contributed by atoms with Crippen molar-refractivity contribution in [3.63, 3.8) is 0 Å². The van der Waals surface area contributed by atoms with E-state index in [1.807, 2.05) is 24.2 Å². The maximum Gasteiger partial charge on any atom is 0.225 e. The van der Waals surface area contributed by atoms with Gasteiger partial charge in [0.25, 0.3) is 0 Å². The van der Waals surface area contributed by atoms with Crippen LogP contribution in [0.5, 0.6) is 0 Å². The molecule has 0 spiro atoms. The Balaban J connectivity index is 1.55. The maximum absolute atomic E-state index is 7.57. The standard InChI is InChI=1S/C21H24N6/c1-26(18-9-12-27(13-10-18)20(22)23)21-24-11-8-19(25-21)17-7-6-15-4-2-3-5-16(15)14-17/h2-8,11,14,18H,9-10,12-13H2,1H3,(H3,22,23). The van der Waals surface area contributed by atoms with Crippen molar-refractivity contribution in [3.8, 4) is 11.3 Å². The second kappa shape index (κ2) is 7.23. The van der Waals surface area contributed by atoms with Gasteiger partial charge in [-0.25, -0.2) is 9.97 Å². The number of anilines is 1. The molecule has 0 saturated carbocycles. The van der Waals surface area contributed by atoms with Gasteiger partial charge in [0.15, 0.2) is 5.96 Å². The van der Waals surface area contributed by atoms with Crippen molar-refractivity contribution in [1.82, 2.24) is 14.9 Å². The van der Waals surface area contributed by atoms with E-state index in [9.17, 15) is 0 Å². The molecule has 2 aromatic carbocycles. The number of hydrogen-bond acceptors (Lipinski definition) is 4. The van der Waals surface area contributed by atoms with Crippen LogP contribution in [-0.4, -0.2) is 47.0 Å². The van der Waals surface area contributed by atoms with Crippen molar-refractivity contribution in [3.05, 3.63) is 54.7 Å². The number of nitrogens with one attached hydrogen (secondary N) is 1. The van der Waals surface area contributed by atoms with Gasteiger partial charge in [0.1, 0.15) is 0 Å². The smallest absolute Gasteiger partial charge is 0.225 e. The molecular formula is C21H24N6. The Morgan fingerprint density at radius 2 is 1.85 bits per heavy atom. The van der Waals surface area contributed by atoms with Crippen LogP contribution in [0.3, 0.4) is 0 Å². The molecule has 0 amide bonds. The molecule has 3 N–H and O–H groups in total. The molecule has 0 unspecified atom stereocenters. The summed E-state index contributed by atoms with van der Waals surface area (Å²) in [4.78, 5) is 13.4. The third-order valence-electron chi connectivity index (χ3n) is 5.36. The molecule has 0 radical (unpaired) electrons. The minimum absolute atomic E-state index is 0.158. The molecule has 2 heterocycles. The molecule has 0 bridgehead atoms. The van der Waals surface area contributed by atoms with E-state index in [0.29, 0.717) is 6.04 Å². The Bertz CT molecular complexity index is 962. The minimum atomic E-state index is 0.158. The third-order valence-corrected chi connectivity index (χ3v) is 5.36. The summed E-state index contributed by atoms with van der Waals surface area (Å²) in [5.41, 5.74) is 7.62. The number of nitrogens with two attached hydrogens (primary N) is 1. The van der Waals surface area contributed by atoms with Crippen LogP contribution in [0, 0.1) is 5.41 Å². The Labute approximate surface area is 159 Å². The molecule has 27 heavy (non-hydrogen) atoms. The van der Waals surface area contributed by atoms with Gasteiger partial charge >= 0.3 is 0 Å². The number of benzene rings is 2. The summed E-state index contributed by atoms with van der Waals surface area (Å²) < 4.78 is 0. The number of rotatable bonds is 3. The Morgan fingerprint density at radius 1 is 1.11 bits per heavy atom. The maximum atomic E-state index is 7.57. The molecule has 4 rings (SSSR count). The fourth-order valence-corrected chi connectivity index (χ4v) is 3.69. The van der Waals surface area contributed by atoms with Crippen LogP contribution in [-0.2, 0) is 0 Å². The normalized spacial score (nSPS) is 15.1. The third kappa shape index (κ3) is 3.56. The minimum Gasteiger partial charge on any atom is -0.370 e. The quantitative estimate of drug-likeness (QED) is 0.554. The summed E-state index contributed by atoms with van der Waals surface area (Å²) in [6.07, 6.45) is 3.72. The van der Waals surface area contributed by atoms with E-state index < -0.39 is 0 Å². The van der Waals surface area contributed by atoms with Crippen molar-refractivity contribution in [2.24, 2.45) is 5.73 Å². The van der Waals surface area contributed by atoms with Crippen molar-refractivity contribution >= 4 is 22.7 Å². The topological polar surface area (TPSA) is 82.1 Å². The van der Waals surface area contributed by atoms with E-state index in [2.05, 4.69) is 52.3 Å². The summed E-state index contributed by atoms with van der Waals surface area (Å²) in [6, 6.07) is 17.1. The first kappa shape index (κ1) is 17.3. The number of nitrogens with zero attached hydrogens (tertiary/aromatic N) is 4. The molecule has 0 atom stereocenters. The number of aromatic nitrogens is 2. The lowest BCUT2D eigenvalue weighted by Gasteiger charge is -2.36. The SMILES string of the molecule is CN(c1nccc(-c2ccc3ccccc3c2)n1)C1CCN(C(=N)N)CC1. The van der Waals surface area contributed by atoms with Crippen LogP contribution in [0.25, 0.3) is 22.0 Å². The summed E-state index contributed by atoms with van der Waals surface area (Å²) in [6.45, 7) is 1.60. The van der Waals surface area contributed by atoms with Gasteiger partial charge in [-0.05, 0) is 35.7 Å². The van der Waals surface area contributed by atoms with Crippen LogP contribution in [0.4, 0.5) is 5.95 Å². The lowest BCUT2D eigenvalue weighted by atomic mass is 10.0. The molecule has 1 fully saturated rings. The largest absolute Gasteiger partial charge is 0.370 e. The highest BCUT2D eigenvalue weighted by molar-refractivity contribution is 5.86. The van der Waals surface area contributed by atoms with E-state index in [1.54, 1.807) is 0 Å². The molecule has 6 nitrogen and oxygen atoms in total. The van der Waals surface area contributed by atoms with Gasteiger partial charge in [-0.3, -0.25) is 5.41 Å². The van der Waals surface area contributed by atoms with Gasteiger partial charge in [0, 0.05) is 37.9 Å². The van der Waals surface area contributed by atoms with Crippen LogP contribution < -0.4 is 10.6 Å². The van der Waals surface area contributed by atoms with Crippen molar-refractivity contribution in [2.75, 3.05) is 25.0 Å². The number of fused-ring (bicyclic) bond motifs is 1. The molecule has 6 heteroatoms. The predicted octanol–water partition coefficient (Wildman–Crippen LogP) is 3.09. The molecule has 1 aliphatic rings. The molecule has 1 aromatic heterocycles. The van der Waals surface area contributed by atoms with E-state index in [4.69, 9.17) is 16.1 Å². The average Bonchev–Trinajstić information content (AvgIpc) is 2.73. The summed E-state index contributed by atoms with van der Waals surface area (Å²) in [5, 5.41) is 10.0. The van der Waals surface area contributed by atoms with E-state index in [0.717, 1.165) is 43.1 Å². The lowest BCUT2D eigenvalue weighted by molar-refractivity contribution is 0.303. The number of likely N-dealkylation sites (tertiary alicyclic amines) is 1. The van der Waals surface area contributed by atoms with Gasteiger partial charge in [0.2, 0.25) is 5.95 Å². The Morgan fingerprint density at radius 3 is 2.59 bits per heavy atom. The average molecular weight is 360 g/mol.